The molecule has 6 nitrogen and oxygen atoms in total. The highest BCUT2D eigenvalue weighted by molar-refractivity contribution is 8.00. The van der Waals surface area contributed by atoms with Gasteiger partial charge in [-0.05, 0) is 44.2 Å². The van der Waals surface area contributed by atoms with Crippen molar-refractivity contribution in [3.05, 3.63) is 28.8 Å². The number of hydrogen-bond donors (Lipinski definition) is 2. The van der Waals surface area contributed by atoms with E-state index in [1.54, 1.807) is 0 Å². The van der Waals surface area contributed by atoms with Crippen LogP contribution in [0.15, 0.2) is 17.0 Å². The van der Waals surface area contributed by atoms with Crippen LogP contribution in [0, 0.1) is 26.7 Å². The van der Waals surface area contributed by atoms with Gasteiger partial charge >= 0.3 is 0 Å². The average Bonchev–Trinajstić information content (AvgIpc) is 2.82. The first-order valence-corrected chi connectivity index (χ1v) is 11.0. The lowest BCUT2D eigenvalue weighted by atomic mass is 10.1. The topological polar surface area (TPSA) is 92.3 Å². The van der Waals surface area contributed by atoms with Gasteiger partial charge in [0.05, 0.1) is 17.3 Å². The number of amides is 2. The molecule has 0 radical (unpaired) electrons. The predicted octanol–water partition coefficient (Wildman–Crippen LogP) is 1.68. The van der Waals surface area contributed by atoms with Crippen molar-refractivity contribution in [2.75, 3.05) is 17.3 Å². The van der Waals surface area contributed by atoms with E-state index < -0.39 is 9.84 Å². The Kier molecular flexibility index (Phi) is 6.51. The van der Waals surface area contributed by atoms with Gasteiger partial charge in [-0.3, -0.25) is 20.4 Å². The fourth-order valence-electron chi connectivity index (χ4n) is 3.05. The number of nitrogens with one attached hydrogen (secondary N) is 2. The maximum atomic E-state index is 11.9. The van der Waals surface area contributed by atoms with Crippen molar-refractivity contribution < 1.29 is 18.0 Å². The summed E-state index contributed by atoms with van der Waals surface area (Å²) in [5, 5.41) is 0. The largest absolute Gasteiger partial charge is 0.273 e. The summed E-state index contributed by atoms with van der Waals surface area (Å²) in [6.45, 7) is 6.06. The molecular weight excluding hydrogens is 360 g/mol. The van der Waals surface area contributed by atoms with Crippen molar-refractivity contribution in [1.29, 1.82) is 0 Å². The third kappa shape index (κ3) is 6.04. The van der Waals surface area contributed by atoms with E-state index in [0.717, 1.165) is 16.0 Å². The Bertz CT molecular complexity index is 752. The molecule has 1 aliphatic rings. The molecule has 1 aliphatic heterocycles. The van der Waals surface area contributed by atoms with Gasteiger partial charge in [0.15, 0.2) is 9.84 Å². The standard InChI is InChI=1S/C17H24N2O4S2/c1-11-6-12(2)17(13(3)7-11)24-9-16(21)19-18-15(20)8-14-4-5-25(22,23)10-14/h6-7,14H,4-5,8-10H2,1-3H3,(H,18,20)(H,19,21)/t14-/m1/s1. The fourth-order valence-corrected chi connectivity index (χ4v) is 5.84. The summed E-state index contributed by atoms with van der Waals surface area (Å²) < 4.78 is 22.8. The number of carbonyl (C=O) groups excluding carboxylic acids is 2. The number of rotatable bonds is 5. The highest BCUT2D eigenvalue weighted by Gasteiger charge is 2.29. The molecule has 138 valence electrons. The summed E-state index contributed by atoms with van der Waals surface area (Å²) in [6, 6.07) is 4.15. The molecule has 2 rings (SSSR count). The first-order valence-electron chi connectivity index (χ1n) is 8.15. The molecular formula is C17H24N2O4S2. The summed E-state index contributed by atoms with van der Waals surface area (Å²) >= 11 is 1.43. The van der Waals surface area contributed by atoms with Crippen molar-refractivity contribution in [1.82, 2.24) is 10.9 Å². The molecule has 1 aromatic carbocycles. The molecule has 0 bridgehead atoms. The van der Waals surface area contributed by atoms with Crippen molar-refractivity contribution >= 4 is 33.4 Å². The van der Waals surface area contributed by atoms with E-state index in [2.05, 4.69) is 23.0 Å². The second-order valence-corrected chi connectivity index (χ2v) is 9.80. The molecule has 0 aliphatic carbocycles. The highest BCUT2D eigenvalue weighted by atomic mass is 32.2. The van der Waals surface area contributed by atoms with Gasteiger partial charge in [0.1, 0.15) is 0 Å². The third-order valence-corrected chi connectivity index (χ3v) is 7.27. The van der Waals surface area contributed by atoms with Crippen LogP contribution in [-0.2, 0) is 19.4 Å². The molecule has 1 fully saturated rings. The lowest BCUT2D eigenvalue weighted by Crippen LogP contribution is -2.43. The second-order valence-electron chi connectivity index (χ2n) is 6.59. The summed E-state index contributed by atoms with van der Waals surface area (Å²) in [5.41, 5.74) is 8.19. The van der Waals surface area contributed by atoms with E-state index >= 15 is 0 Å². The van der Waals surface area contributed by atoms with Crippen LogP contribution in [0.1, 0.15) is 29.5 Å². The van der Waals surface area contributed by atoms with Gasteiger partial charge in [0, 0.05) is 11.3 Å². The van der Waals surface area contributed by atoms with Crippen LogP contribution in [0.3, 0.4) is 0 Å². The minimum Gasteiger partial charge on any atom is -0.273 e. The molecule has 25 heavy (non-hydrogen) atoms. The Labute approximate surface area is 153 Å². The smallest absolute Gasteiger partial charge is 0.248 e. The average molecular weight is 385 g/mol. The Morgan fingerprint density at radius 2 is 1.72 bits per heavy atom. The van der Waals surface area contributed by atoms with Gasteiger partial charge in [-0.2, -0.15) is 0 Å². The van der Waals surface area contributed by atoms with Crippen LogP contribution in [0.25, 0.3) is 0 Å². The highest BCUT2D eigenvalue weighted by Crippen LogP contribution is 2.27. The normalized spacial score (nSPS) is 18.8. The molecule has 0 unspecified atom stereocenters. The summed E-state index contributed by atoms with van der Waals surface area (Å²) in [4.78, 5) is 24.8. The van der Waals surface area contributed by atoms with Gasteiger partial charge in [-0.25, -0.2) is 8.42 Å². The molecule has 2 N–H and O–H groups in total. The number of aryl methyl sites for hydroxylation is 3. The number of sulfone groups is 1. The molecule has 8 heteroatoms. The summed E-state index contributed by atoms with van der Waals surface area (Å²) in [7, 11) is -2.99. The van der Waals surface area contributed by atoms with Crippen LogP contribution in [0.4, 0.5) is 0 Å². The van der Waals surface area contributed by atoms with Crippen LogP contribution < -0.4 is 10.9 Å². The zero-order valence-corrected chi connectivity index (χ0v) is 16.4. The fraction of sp³-hybridized carbons (Fsp3) is 0.529. The molecule has 1 heterocycles. The van der Waals surface area contributed by atoms with E-state index in [-0.39, 0.29) is 41.4 Å². The lowest BCUT2D eigenvalue weighted by molar-refractivity contribution is -0.128. The third-order valence-electron chi connectivity index (χ3n) is 4.09. The molecule has 0 spiro atoms. The molecule has 1 aromatic rings. The van der Waals surface area contributed by atoms with Gasteiger partial charge in [0.25, 0.3) is 0 Å². The number of hydrazine groups is 1. The van der Waals surface area contributed by atoms with Gasteiger partial charge in [-0.1, -0.05) is 17.7 Å². The molecule has 1 atom stereocenters. The van der Waals surface area contributed by atoms with Crippen LogP contribution in [-0.4, -0.2) is 37.5 Å². The predicted molar refractivity (Wildman–Crippen MR) is 99.0 cm³/mol. The van der Waals surface area contributed by atoms with Crippen molar-refractivity contribution in [3.63, 3.8) is 0 Å². The first-order chi connectivity index (χ1) is 11.7. The maximum Gasteiger partial charge on any atom is 0.248 e. The molecule has 1 saturated heterocycles. The molecule has 0 saturated carbocycles. The summed E-state index contributed by atoms with van der Waals surface area (Å²) in [5.74, 6) is -0.420. The zero-order chi connectivity index (χ0) is 18.6. The quantitative estimate of drug-likeness (QED) is 0.595. The Balaban J connectivity index is 1.75. The van der Waals surface area contributed by atoms with E-state index in [0.29, 0.717) is 6.42 Å². The zero-order valence-electron chi connectivity index (χ0n) is 14.7. The molecule has 2 amide bonds. The maximum absolute atomic E-state index is 11.9. The van der Waals surface area contributed by atoms with Crippen molar-refractivity contribution in [2.24, 2.45) is 5.92 Å². The number of thioether (sulfide) groups is 1. The SMILES string of the molecule is Cc1cc(C)c(SCC(=O)NNC(=O)C[C@H]2CCS(=O)(=O)C2)c(C)c1. The minimum absolute atomic E-state index is 0.0518. The Morgan fingerprint density at radius 1 is 1.12 bits per heavy atom. The Hall–Kier alpha value is -1.54. The lowest BCUT2D eigenvalue weighted by Gasteiger charge is -2.12. The van der Waals surface area contributed by atoms with Crippen molar-refractivity contribution in [3.8, 4) is 0 Å². The van der Waals surface area contributed by atoms with Gasteiger partial charge < -0.3 is 0 Å². The van der Waals surface area contributed by atoms with Gasteiger partial charge in [0.2, 0.25) is 11.8 Å². The minimum atomic E-state index is -2.99. The van der Waals surface area contributed by atoms with Crippen LogP contribution in [0.5, 0.6) is 0 Å². The number of hydrogen-bond acceptors (Lipinski definition) is 5. The van der Waals surface area contributed by atoms with E-state index in [4.69, 9.17) is 0 Å². The van der Waals surface area contributed by atoms with Crippen LogP contribution in [0.2, 0.25) is 0 Å². The summed E-state index contributed by atoms with van der Waals surface area (Å²) in [6.07, 6.45) is 0.619. The Morgan fingerprint density at radius 3 is 2.28 bits per heavy atom. The van der Waals surface area contributed by atoms with E-state index in [1.807, 2.05) is 20.8 Å². The van der Waals surface area contributed by atoms with E-state index in [1.165, 1.54) is 17.3 Å². The second kappa shape index (κ2) is 8.23. The number of carbonyl (C=O) groups is 2. The first kappa shape index (κ1) is 19.8. The van der Waals surface area contributed by atoms with Crippen molar-refractivity contribution in [2.45, 2.75) is 38.5 Å². The van der Waals surface area contributed by atoms with Crippen LogP contribution >= 0.6 is 11.8 Å². The van der Waals surface area contributed by atoms with E-state index in [9.17, 15) is 18.0 Å². The van der Waals surface area contributed by atoms with Gasteiger partial charge in [-0.15, -0.1) is 11.8 Å². The molecule has 0 aromatic heterocycles. The monoisotopic (exact) mass is 384 g/mol. The number of benzene rings is 1.